The maximum atomic E-state index is 10.3. The van der Waals surface area contributed by atoms with E-state index in [4.69, 9.17) is 5.11 Å². The summed E-state index contributed by atoms with van der Waals surface area (Å²) in [5.74, 6) is 6.02. The monoisotopic (exact) mass is 591 g/mol. The SMILES string of the molecule is CCC(C)CCC[C@@H](C)C[C@H]1CCC2C3CC=C4CC(CC)CC[C@]4(CC)C3CC[C@@]21CC.Cc1ccc(C(=O)O)cc1. The Labute approximate surface area is 265 Å². The molecule has 5 unspecified atom stereocenters. The van der Waals surface area contributed by atoms with Crippen molar-refractivity contribution in [3.63, 3.8) is 0 Å². The molecule has 0 bridgehead atoms. The Balaban J connectivity index is 0.000000359. The molecule has 4 aliphatic rings. The zero-order valence-electron chi connectivity index (χ0n) is 29.1. The predicted octanol–water partition coefficient (Wildman–Crippen LogP) is 12.3. The minimum Gasteiger partial charge on any atom is -0.478 e. The standard InChI is InChI=1S/C33H58.C8H8O2/c1-7-24(5)12-11-13-25(6)22-27-15-17-30-29-16-14-28-23-26(8-2)18-20-32(28,9-3)31(29)19-21-33(27,30)10-4;1-6-2-4-7(5-3-6)8(9)10/h14,24-27,29-31H,7-13,15-23H2,1-6H3;2-5H,1H3,(H,9,10)/t24?,25-,26?,27-,29?,30?,31?,32+,33-;/m1./s1. The summed E-state index contributed by atoms with van der Waals surface area (Å²) < 4.78 is 0. The number of aryl methyl sites for hydroxylation is 1. The minimum atomic E-state index is -0.875. The molecular formula is C41H66O2. The molecule has 3 saturated carbocycles. The van der Waals surface area contributed by atoms with E-state index < -0.39 is 5.97 Å². The van der Waals surface area contributed by atoms with Crippen LogP contribution < -0.4 is 0 Å². The van der Waals surface area contributed by atoms with Crippen LogP contribution >= 0.6 is 0 Å². The minimum absolute atomic E-state index is 0.339. The zero-order valence-corrected chi connectivity index (χ0v) is 29.1. The highest BCUT2D eigenvalue weighted by Gasteiger charge is 2.60. The highest BCUT2D eigenvalue weighted by molar-refractivity contribution is 5.87. The van der Waals surface area contributed by atoms with Gasteiger partial charge >= 0.3 is 5.97 Å². The van der Waals surface area contributed by atoms with Crippen LogP contribution in [-0.2, 0) is 0 Å². The molecule has 9 atom stereocenters. The van der Waals surface area contributed by atoms with Gasteiger partial charge in [-0.1, -0.05) is 103 Å². The third kappa shape index (κ3) is 7.30. The Morgan fingerprint density at radius 1 is 0.907 bits per heavy atom. The molecule has 0 saturated heterocycles. The molecular weight excluding hydrogens is 524 g/mol. The van der Waals surface area contributed by atoms with Gasteiger partial charge < -0.3 is 5.11 Å². The summed E-state index contributed by atoms with van der Waals surface area (Å²) in [5, 5.41) is 8.48. The van der Waals surface area contributed by atoms with Crippen LogP contribution in [0, 0.1) is 59.2 Å². The number of rotatable bonds is 11. The lowest BCUT2D eigenvalue weighted by molar-refractivity contribution is -0.0654. The molecule has 242 valence electrons. The van der Waals surface area contributed by atoms with Gasteiger partial charge in [-0.25, -0.2) is 4.79 Å². The van der Waals surface area contributed by atoms with Gasteiger partial charge in [0.15, 0.2) is 0 Å². The summed E-state index contributed by atoms with van der Waals surface area (Å²) in [6.45, 7) is 16.9. The van der Waals surface area contributed by atoms with Crippen LogP contribution in [-0.4, -0.2) is 11.1 Å². The smallest absolute Gasteiger partial charge is 0.335 e. The Morgan fingerprint density at radius 2 is 1.63 bits per heavy atom. The van der Waals surface area contributed by atoms with Crippen LogP contribution in [0.25, 0.3) is 0 Å². The number of benzene rings is 1. The largest absolute Gasteiger partial charge is 0.478 e. The molecule has 0 amide bonds. The molecule has 0 aliphatic heterocycles. The third-order valence-corrected chi connectivity index (χ3v) is 13.8. The van der Waals surface area contributed by atoms with Gasteiger partial charge in [0.2, 0.25) is 0 Å². The number of allylic oxidation sites excluding steroid dienone is 2. The fourth-order valence-corrected chi connectivity index (χ4v) is 10.9. The second-order valence-corrected chi connectivity index (χ2v) is 15.7. The summed E-state index contributed by atoms with van der Waals surface area (Å²) >= 11 is 0. The third-order valence-electron chi connectivity index (χ3n) is 13.8. The average Bonchev–Trinajstić information content (AvgIpc) is 3.39. The Morgan fingerprint density at radius 3 is 2.26 bits per heavy atom. The van der Waals surface area contributed by atoms with Gasteiger partial charge in [0.25, 0.3) is 0 Å². The second-order valence-electron chi connectivity index (χ2n) is 15.7. The average molecular weight is 591 g/mol. The molecule has 0 aromatic heterocycles. The van der Waals surface area contributed by atoms with Crippen molar-refractivity contribution in [1.29, 1.82) is 0 Å². The van der Waals surface area contributed by atoms with Crippen molar-refractivity contribution in [2.45, 2.75) is 151 Å². The van der Waals surface area contributed by atoms with Crippen molar-refractivity contribution < 1.29 is 9.90 Å². The molecule has 3 fully saturated rings. The van der Waals surface area contributed by atoms with Crippen LogP contribution in [0.15, 0.2) is 35.9 Å². The summed E-state index contributed by atoms with van der Waals surface area (Å²) in [6, 6.07) is 6.75. The lowest BCUT2D eigenvalue weighted by Gasteiger charge is -2.60. The van der Waals surface area contributed by atoms with E-state index in [9.17, 15) is 4.79 Å². The highest BCUT2D eigenvalue weighted by Crippen LogP contribution is 2.69. The molecule has 0 radical (unpaired) electrons. The number of fused-ring (bicyclic) bond motifs is 5. The molecule has 0 spiro atoms. The van der Waals surface area contributed by atoms with E-state index in [1.54, 1.807) is 49.9 Å². The van der Waals surface area contributed by atoms with Crippen LogP contribution in [0.3, 0.4) is 0 Å². The molecule has 2 heteroatoms. The summed E-state index contributed by atoms with van der Waals surface area (Å²) in [4.78, 5) is 10.3. The molecule has 0 heterocycles. The molecule has 1 aromatic carbocycles. The van der Waals surface area contributed by atoms with Crippen LogP contribution in [0.4, 0.5) is 0 Å². The maximum Gasteiger partial charge on any atom is 0.335 e. The van der Waals surface area contributed by atoms with Crippen molar-refractivity contribution in [3.05, 3.63) is 47.0 Å². The molecule has 1 aromatic rings. The van der Waals surface area contributed by atoms with E-state index in [1.165, 1.54) is 77.0 Å². The number of aromatic carboxylic acids is 1. The number of hydrogen-bond acceptors (Lipinski definition) is 1. The van der Waals surface area contributed by atoms with Crippen LogP contribution in [0.1, 0.15) is 160 Å². The van der Waals surface area contributed by atoms with Crippen molar-refractivity contribution in [3.8, 4) is 0 Å². The van der Waals surface area contributed by atoms with Crippen LogP contribution in [0.2, 0.25) is 0 Å². The highest BCUT2D eigenvalue weighted by atomic mass is 16.4. The summed E-state index contributed by atoms with van der Waals surface area (Å²) in [5.41, 5.74) is 4.62. The normalized spacial score (nSPS) is 34.5. The molecule has 5 rings (SSSR count). The fourth-order valence-electron chi connectivity index (χ4n) is 10.9. The fraction of sp³-hybridized carbons (Fsp3) is 0.780. The van der Waals surface area contributed by atoms with Crippen molar-refractivity contribution in [2.75, 3.05) is 0 Å². The van der Waals surface area contributed by atoms with Gasteiger partial charge in [0.05, 0.1) is 5.56 Å². The summed E-state index contributed by atoms with van der Waals surface area (Å²) in [7, 11) is 0. The molecule has 43 heavy (non-hydrogen) atoms. The second kappa shape index (κ2) is 15.1. The van der Waals surface area contributed by atoms with Crippen molar-refractivity contribution >= 4 is 5.97 Å². The van der Waals surface area contributed by atoms with E-state index in [2.05, 4.69) is 47.6 Å². The molecule has 2 nitrogen and oxygen atoms in total. The molecule has 4 aliphatic carbocycles. The van der Waals surface area contributed by atoms with E-state index >= 15 is 0 Å². The first kappa shape index (κ1) is 34.3. The van der Waals surface area contributed by atoms with E-state index in [-0.39, 0.29) is 0 Å². The number of carboxylic acid groups (broad SMARTS) is 1. The number of carbonyl (C=O) groups is 1. The zero-order chi connectivity index (χ0) is 31.2. The lowest BCUT2D eigenvalue weighted by atomic mass is 9.45. The quantitative estimate of drug-likeness (QED) is 0.260. The Kier molecular flexibility index (Phi) is 12.1. The Bertz CT molecular complexity index is 1050. The maximum absolute atomic E-state index is 10.3. The Hall–Kier alpha value is -1.57. The van der Waals surface area contributed by atoms with Gasteiger partial charge in [-0.2, -0.15) is 0 Å². The van der Waals surface area contributed by atoms with Gasteiger partial charge in [-0.3, -0.25) is 0 Å². The van der Waals surface area contributed by atoms with E-state index in [0.29, 0.717) is 16.4 Å². The van der Waals surface area contributed by atoms with Gasteiger partial charge in [0, 0.05) is 0 Å². The first-order valence-electron chi connectivity index (χ1n) is 18.6. The van der Waals surface area contributed by atoms with Crippen molar-refractivity contribution in [1.82, 2.24) is 0 Å². The number of carboxylic acids is 1. The lowest BCUT2D eigenvalue weighted by Crippen LogP contribution is -2.51. The van der Waals surface area contributed by atoms with Crippen molar-refractivity contribution in [2.24, 2.45) is 52.3 Å². The van der Waals surface area contributed by atoms with Gasteiger partial charge in [-0.15, -0.1) is 0 Å². The topological polar surface area (TPSA) is 37.3 Å². The van der Waals surface area contributed by atoms with Crippen LogP contribution in [0.5, 0.6) is 0 Å². The predicted molar refractivity (Wildman–Crippen MR) is 183 cm³/mol. The number of hydrogen-bond donors (Lipinski definition) is 1. The van der Waals surface area contributed by atoms with E-state index in [0.717, 1.165) is 47.0 Å². The van der Waals surface area contributed by atoms with Gasteiger partial charge in [-0.05, 0) is 142 Å². The summed E-state index contributed by atoms with van der Waals surface area (Å²) in [6.07, 6.45) is 26.5. The first-order chi connectivity index (χ1) is 20.6. The molecule has 1 N–H and O–H groups in total. The van der Waals surface area contributed by atoms with Gasteiger partial charge in [0.1, 0.15) is 0 Å². The first-order valence-corrected chi connectivity index (χ1v) is 18.6. The van der Waals surface area contributed by atoms with E-state index in [1.807, 2.05) is 12.5 Å².